The van der Waals surface area contributed by atoms with Crippen molar-refractivity contribution in [2.75, 3.05) is 12.4 Å². The summed E-state index contributed by atoms with van der Waals surface area (Å²) in [6.07, 6.45) is 1.20. The van der Waals surface area contributed by atoms with Crippen molar-refractivity contribution < 1.29 is 14.6 Å². The number of thioether (sulfide) groups is 1. The zero-order valence-electron chi connectivity index (χ0n) is 9.29. The van der Waals surface area contributed by atoms with Crippen molar-refractivity contribution in [1.82, 2.24) is 14.8 Å². The van der Waals surface area contributed by atoms with Gasteiger partial charge in [0.15, 0.2) is 11.3 Å². The van der Waals surface area contributed by atoms with Crippen LogP contribution in [0.3, 0.4) is 0 Å². The highest BCUT2D eigenvalue weighted by atomic mass is 32.2. The van der Waals surface area contributed by atoms with Crippen LogP contribution in [0.5, 0.6) is 0 Å². The summed E-state index contributed by atoms with van der Waals surface area (Å²) in [7, 11) is 1.80. The smallest absolute Gasteiger partial charge is 0.332 e. The van der Waals surface area contributed by atoms with Gasteiger partial charge >= 0.3 is 5.97 Å². The molecule has 0 aliphatic carbocycles. The van der Waals surface area contributed by atoms with Crippen LogP contribution in [-0.4, -0.2) is 44.3 Å². The summed E-state index contributed by atoms with van der Waals surface area (Å²) in [6, 6.07) is 0. The first-order chi connectivity index (χ1) is 7.65. The molecule has 6 nitrogen and oxygen atoms in total. The molecule has 0 fully saturated rings. The fraction of sp³-hybridized carbons (Fsp3) is 0.667. The third kappa shape index (κ3) is 3.82. The van der Waals surface area contributed by atoms with E-state index >= 15 is 0 Å². The van der Waals surface area contributed by atoms with Crippen molar-refractivity contribution in [2.24, 2.45) is 7.05 Å². The Kier molecular flexibility index (Phi) is 5.27. The molecule has 1 atom stereocenters. The second-order valence-corrected chi connectivity index (χ2v) is 4.15. The summed E-state index contributed by atoms with van der Waals surface area (Å²) in [5.41, 5.74) is 0. The van der Waals surface area contributed by atoms with Gasteiger partial charge in [0.2, 0.25) is 0 Å². The fourth-order valence-corrected chi connectivity index (χ4v) is 2.02. The first-order valence-corrected chi connectivity index (χ1v) is 5.95. The van der Waals surface area contributed by atoms with Crippen molar-refractivity contribution in [1.29, 1.82) is 0 Å². The number of carbonyl (C=O) groups is 1. The monoisotopic (exact) mass is 245 g/mol. The summed E-state index contributed by atoms with van der Waals surface area (Å²) in [5.74, 6) is -0.274. The zero-order chi connectivity index (χ0) is 12.0. The van der Waals surface area contributed by atoms with E-state index in [1.165, 1.54) is 18.1 Å². The molecule has 0 bridgehead atoms. The molecular weight excluding hydrogens is 230 g/mol. The summed E-state index contributed by atoms with van der Waals surface area (Å²) in [5, 5.41) is 13.6. The number of aliphatic carboxylic acids is 1. The van der Waals surface area contributed by atoms with E-state index in [4.69, 9.17) is 9.84 Å². The summed E-state index contributed by atoms with van der Waals surface area (Å²) in [4.78, 5) is 14.8. The van der Waals surface area contributed by atoms with Crippen LogP contribution in [0.1, 0.15) is 13.3 Å². The van der Waals surface area contributed by atoms with Gasteiger partial charge in [-0.1, -0.05) is 11.8 Å². The van der Waals surface area contributed by atoms with Crippen LogP contribution in [0, 0.1) is 0 Å². The minimum absolute atomic E-state index is 0.408. The van der Waals surface area contributed by atoms with Crippen molar-refractivity contribution in [3.05, 3.63) is 6.33 Å². The molecule has 0 spiro atoms. The molecule has 0 radical (unpaired) electrons. The molecule has 1 aromatic heterocycles. The quantitative estimate of drug-likeness (QED) is 0.715. The second-order valence-electron chi connectivity index (χ2n) is 3.09. The molecule has 0 saturated carbocycles. The summed E-state index contributed by atoms with van der Waals surface area (Å²) < 4.78 is 6.75. The molecule has 0 saturated heterocycles. The molecule has 0 aliphatic rings. The first kappa shape index (κ1) is 13.0. The molecule has 0 aromatic carbocycles. The molecule has 0 aliphatic heterocycles. The lowest BCUT2D eigenvalue weighted by Gasteiger charge is -2.11. The molecule has 1 rings (SSSR count). The molecule has 90 valence electrons. The zero-order valence-corrected chi connectivity index (χ0v) is 10.1. The van der Waals surface area contributed by atoms with E-state index in [2.05, 4.69) is 10.1 Å². The largest absolute Gasteiger partial charge is 0.479 e. The number of ether oxygens (including phenoxy) is 1. The van der Waals surface area contributed by atoms with Crippen molar-refractivity contribution in [2.45, 2.75) is 24.6 Å². The number of nitrogens with zero attached hydrogens (tertiary/aromatic N) is 3. The Labute approximate surface area is 98.0 Å². The average molecular weight is 245 g/mol. The van der Waals surface area contributed by atoms with E-state index in [-0.39, 0.29) is 0 Å². The van der Waals surface area contributed by atoms with Gasteiger partial charge in [0.1, 0.15) is 6.33 Å². The predicted molar refractivity (Wildman–Crippen MR) is 59.4 cm³/mol. The standard InChI is InChI=1S/C9H15N3O3S/c1-3-15-7(8(13)14)4-5-16-9-10-6-11-12(9)2/h6-7H,3-5H2,1-2H3,(H,13,14). The third-order valence-corrected chi connectivity index (χ3v) is 2.99. The highest BCUT2D eigenvalue weighted by Gasteiger charge is 2.17. The molecule has 7 heteroatoms. The topological polar surface area (TPSA) is 77.2 Å². The van der Waals surface area contributed by atoms with Crippen LogP contribution in [0.15, 0.2) is 11.5 Å². The number of rotatable bonds is 7. The van der Waals surface area contributed by atoms with Gasteiger partial charge in [-0.25, -0.2) is 14.5 Å². The molecule has 0 amide bonds. The highest BCUT2D eigenvalue weighted by Crippen LogP contribution is 2.16. The van der Waals surface area contributed by atoms with Crippen LogP contribution in [0.2, 0.25) is 0 Å². The Morgan fingerprint density at radius 3 is 3.00 bits per heavy atom. The third-order valence-electron chi connectivity index (χ3n) is 1.92. The number of aromatic nitrogens is 3. The number of carboxylic acid groups (broad SMARTS) is 1. The van der Waals surface area contributed by atoms with Crippen molar-refractivity contribution >= 4 is 17.7 Å². The van der Waals surface area contributed by atoms with Gasteiger partial charge in [-0.15, -0.1) is 0 Å². The Morgan fingerprint density at radius 1 is 1.75 bits per heavy atom. The minimum Gasteiger partial charge on any atom is -0.479 e. The molecular formula is C9H15N3O3S. The minimum atomic E-state index is -0.916. The number of carboxylic acids is 1. The Bertz CT molecular complexity index is 342. The highest BCUT2D eigenvalue weighted by molar-refractivity contribution is 7.99. The number of hydrogen-bond acceptors (Lipinski definition) is 5. The Balaban J connectivity index is 2.33. The average Bonchev–Trinajstić information content (AvgIpc) is 2.63. The van der Waals surface area contributed by atoms with Crippen LogP contribution >= 0.6 is 11.8 Å². The SMILES string of the molecule is CCOC(CCSc1ncnn1C)C(=O)O. The normalized spacial score (nSPS) is 12.6. The fourth-order valence-electron chi connectivity index (χ4n) is 1.15. The molecule has 16 heavy (non-hydrogen) atoms. The van der Waals surface area contributed by atoms with E-state index < -0.39 is 12.1 Å². The van der Waals surface area contributed by atoms with Gasteiger partial charge in [0.25, 0.3) is 0 Å². The maximum atomic E-state index is 10.8. The van der Waals surface area contributed by atoms with Crippen molar-refractivity contribution in [3.8, 4) is 0 Å². The maximum absolute atomic E-state index is 10.8. The van der Waals surface area contributed by atoms with Crippen molar-refractivity contribution in [3.63, 3.8) is 0 Å². The summed E-state index contributed by atoms with van der Waals surface area (Å²) >= 11 is 1.47. The van der Waals surface area contributed by atoms with Gasteiger partial charge in [0, 0.05) is 19.4 Å². The van der Waals surface area contributed by atoms with Crippen LogP contribution in [0.25, 0.3) is 0 Å². The lowest BCUT2D eigenvalue weighted by Crippen LogP contribution is -2.24. The van der Waals surface area contributed by atoms with Gasteiger partial charge in [-0.2, -0.15) is 5.10 Å². The molecule has 1 N–H and O–H groups in total. The van der Waals surface area contributed by atoms with E-state index in [0.29, 0.717) is 18.8 Å². The van der Waals surface area contributed by atoms with Crippen LogP contribution in [0.4, 0.5) is 0 Å². The molecule has 1 unspecified atom stereocenters. The first-order valence-electron chi connectivity index (χ1n) is 4.96. The van der Waals surface area contributed by atoms with Crippen LogP contribution in [-0.2, 0) is 16.6 Å². The predicted octanol–water partition coefficient (Wildman–Crippen LogP) is 0.787. The van der Waals surface area contributed by atoms with E-state index in [0.717, 1.165) is 5.16 Å². The number of hydrogen-bond donors (Lipinski definition) is 1. The summed E-state index contributed by atoms with van der Waals surface area (Å²) in [6.45, 7) is 2.19. The van der Waals surface area contributed by atoms with Gasteiger partial charge in [0.05, 0.1) is 0 Å². The Morgan fingerprint density at radius 2 is 2.50 bits per heavy atom. The lowest BCUT2D eigenvalue weighted by atomic mass is 10.3. The maximum Gasteiger partial charge on any atom is 0.332 e. The van der Waals surface area contributed by atoms with E-state index in [9.17, 15) is 4.79 Å². The van der Waals surface area contributed by atoms with Gasteiger partial charge in [-0.3, -0.25) is 0 Å². The van der Waals surface area contributed by atoms with E-state index in [1.54, 1.807) is 18.7 Å². The Hall–Kier alpha value is -1.08. The molecule has 1 heterocycles. The second kappa shape index (κ2) is 6.49. The van der Waals surface area contributed by atoms with Crippen LogP contribution < -0.4 is 0 Å². The molecule has 1 aromatic rings. The van der Waals surface area contributed by atoms with Gasteiger partial charge in [-0.05, 0) is 13.3 Å². The van der Waals surface area contributed by atoms with Gasteiger partial charge < -0.3 is 9.84 Å². The number of aryl methyl sites for hydroxylation is 1. The lowest BCUT2D eigenvalue weighted by molar-refractivity contribution is -0.150. The van der Waals surface area contributed by atoms with E-state index in [1.807, 2.05) is 0 Å².